The second-order valence-corrected chi connectivity index (χ2v) is 8.60. The number of sulfone groups is 1. The van der Waals surface area contributed by atoms with Crippen LogP contribution in [0.2, 0.25) is 5.02 Å². The highest BCUT2D eigenvalue weighted by molar-refractivity contribution is 14.0. The normalized spacial score (nSPS) is 13.0. The van der Waals surface area contributed by atoms with Crippen LogP contribution in [-0.2, 0) is 21.2 Å². The first-order chi connectivity index (χ1) is 11.8. The molecule has 0 heterocycles. The summed E-state index contributed by atoms with van der Waals surface area (Å²) >= 11 is 5.93. The molecule has 2 N–H and O–H groups in total. The number of nitrogens with one attached hydrogen (secondary N) is 2. The summed E-state index contributed by atoms with van der Waals surface area (Å²) in [6, 6.07) is 7.57. The lowest BCUT2D eigenvalue weighted by molar-refractivity contribution is 0.128. The summed E-state index contributed by atoms with van der Waals surface area (Å²) in [4.78, 5) is 4.44. The minimum atomic E-state index is -2.95. The number of hydrogen-bond donors (Lipinski definition) is 2. The molecule has 1 unspecified atom stereocenters. The van der Waals surface area contributed by atoms with Gasteiger partial charge in [0.2, 0.25) is 0 Å². The molecule has 1 aromatic rings. The Morgan fingerprint density at radius 1 is 1.38 bits per heavy atom. The van der Waals surface area contributed by atoms with Crippen LogP contribution < -0.4 is 10.6 Å². The van der Waals surface area contributed by atoms with Crippen molar-refractivity contribution in [2.24, 2.45) is 4.99 Å². The minimum absolute atomic E-state index is 0. The number of aliphatic imine (C=N–C) groups is 1. The highest BCUT2D eigenvalue weighted by Gasteiger charge is 2.09. The Hall–Kier alpha value is -0.580. The molecular weight excluding hydrogens is 489 g/mol. The number of benzene rings is 1. The van der Waals surface area contributed by atoms with E-state index < -0.39 is 9.84 Å². The molecule has 26 heavy (non-hydrogen) atoms. The predicted octanol–water partition coefficient (Wildman–Crippen LogP) is 2.85. The van der Waals surface area contributed by atoms with Crippen LogP contribution in [0.4, 0.5) is 0 Å². The van der Waals surface area contributed by atoms with Crippen LogP contribution in [0.1, 0.15) is 25.8 Å². The molecule has 0 aliphatic rings. The number of hydrogen-bond acceptors (Lipinski definition) is 4. The van der Waals surface area contributed by atoms with Crippen LogP contribution in [-0.4, -0.2) is 52.1 Å². The predicted molar refractivity (Wildman–Crippen MR) is 119 cm³/mol. The quantitative estimate of drug-likeness (QED) is 0.216. The van der Waals surface area contributed by atoms with E-state index in [1.54, 1.807) is 0 Å². The SMILES string of the molecule is CCNC(=NCCOCc1cccc(Cl)c1)NC(C)CCS(C)(=O)=O.I. The van der Waals surface area contributed by atoms with Gasteiger partial charge in [-0.05, 0) is 38.0 Å². The molecule has 150 valence electrons. The number of ether oxygens (including phenoxy) is 1. The molecule has 1 atom stereocenters. The molecule has 1 rings (SSSR count). The molecule has 0 aliphatic carbocycles. The zero-order valence-electron chi connectivity index (χ0n) is 15.5. The Labute approximate surface area is 179 Å². The highest BCUT2D eigenvalue weighted by Crippen LogP contribution is 2.11. The van der Waals surface area contributed by atoms with Gasteiger partial charge in [-0.25, -0.2) is 8.42 Å². The smallest absolute Gasteiger partial charge is 0.191 e. The summed E-state index contributed by atoms with van der Waals surface area (Å²) < 4.78 is 28.1. The van der Waals surface area contributed by atoms with Crippen LogP contribution in [0.3, 0.4) is 0 Å². The zero-order chi connectivity index (χ0) is 18.7. The lowest BCUT2D eigenvalue weighted by atomic mass is 10.2. The second kappa shape index (κ2) is 13.6. The van der Waals surface area contributed by atoms with Crippen LogP contribution in [0.25, 0.3) is 0 Å². The standard InChI is InChI=1S/C17H28ClN3O3S.HI/c1-4-19-17(21-14(2)8-11-25(3,22)23)20-9-10-24-13-15-6-5-7-16(18)12-15;/h5-7,12,14H,4,8-11,13H2,1-3H3,(H2,19,20,21);1H. The Kier molecular flexibility index (Phi) is 13.3. The van der Waals surface area contributed by atoms with E-state index in [-0.39, 0.29) is 35.8 Å². The van der Waals surface area contributed by atoms with Gasteiger partial charge in [-0.2, -0.15) is 0 Å². The first-order valence-electron chi connectivity index (χ1n) is 8.35. The summed E-state index contributed by atoms with van der Waals surface area (Å²) in [7, 11) is -2.95. The van der Waals surface area contributed by atoms with Gasteiger partial charge in [0.05, 0.1) is 25.5 Å². The maximum Gasteiger partial charge on any atom is 0.191 e. The fourth-order valence-corrected chi connectivity index (χ4v) is 3.05. The third-order valence-electron chi connectivity index (χ3n) is 3.31. The van der Waals surface area contributed by atoms with Gasteiger partial charge < -0.3 is 15.4 Å². The average molecular weight is 518 g/mol. The van der Waals surface area contributed by atoms with Gasteiger partial charge in [-0.3, -0.25) is 4.99 Å². The lowest BCUT2D eigenvalue weighted by Gasteiger charge is -2.17. The van der Waals surface area contributed by atoms with Crippen molar-refractivity contribution in [2.45, 2.75) is 32.9 Å². The molecule has 0 saturated carbocycles. The van der Waals surface area contributed by atoms with E-state index in [2.05, 4.69) is 15.6 Å². The fraction of sp³-hybridized carbons (Fsp3) is 0.588. The molecule has 6 nitrogen and oxygen atoms in total. The van der Waals surface area contributed by atoms with Gasteiger partial charge in [0.15, 0.2) is 5.96 Å². The van der Waals surface area contributed by atoms with E-state index in [0.717, 1.165) is 12.1 Å². The van der Waals surface area contributed by atoms with Crippen molar-refractivity contribution in [1.82, 2.24) is 10.6 Å². The lowest BCUT2D eigenvalue weighted by Crippen LogP contribution is -2.43. The molecule has 0 spiro atoms. The second-order valence-electron chi connectivity index (χ2n) is 5.91. The summed E-state index contributed by atoms with van der Waals surface area (Å²) in [6.07, 6.45) is 1.78. The largest absolute Gasteiger partial charge is 0.375 e. The molecule has 0 aliphatic heterocycles. The van der Waals surface area contributed by atoms with E-state index in [4.69, 9.17) is 16.3 Å². The van der Waals surface area contributed by atoms with Crippen LogP contribution in [0.15, 0.2) is 29.3 Å². The Morgan fingerprint density at radius 3 is 2.73 bits per heavy atom. The molecule has 0 saturated heterocycles. The third-order valence-corrected chi connectivity index (χ3v) is 4.52. The van der Waals surface area contributed by atoms with Crippen molar-refractivity contribution in [1.29, 1.82) is 0 Å². The number of guanidine groups is 1. The van der Waals surface area contributed by atoms with Crippen LogP contribution >= 0.6 is 35.6 Å². The van der Waals surface area contributed by atoms with Crippen LogP contribution in [0.5, 0.6) is 0 Å². The number of halogens is 2. The van der Waals surface area contributed by atoms with Gasteiger partial charge >= 0.3 is 0 Å². The first kappa shape index (κ1) is 25.4. The Bertz CT molecular complexity index is 656. The summed E-state index contributed by atoms with van der Waals surface area (Å²) in [6.45, 7) is 6.13. The molecule has 0 aromatic heterocycles. The molecule has 0 bridgehead atoms. The summed E-state index contributed by atoms with van der Waals surface area (Å²) in [5.41, 5.74) is 1.02. The first-order valence-corrected chi connectivity index (χ1v) is 10.8. The van der Waals surface area contributed by atoms with E-state index in [9.17, 15) is 8.42 Å². The zero-order valence-corrected chi connectivity index (χ0v) is 19.4. The molecular formula is C17H29ClIN3O3S. The van der Waals surface area contributed by atoms with Crippen molar-refractivity contribution >= 4 is 51.4 Å². The number of rotatable bonds is 10. The molecule has 9 heteroatoms. The third kappa shape index (κ3) is 12.7. The minimum Gasteiger partial charge on any atom is -0.375 e. The Balaban J connectivity index is 0.00000625. The Morgan fingerprint density at radius 2 is 2.12 bits per heavy atom. The average Bonchev–Trinajstić information content (AvgIpc) is 2.52. The van der Waals surface area contributed by atoms with E-state index in [1.807, 2.05) is 38.1 Å². The van der Waals surface area contributed by atoms with E-state index >= 15 is 0 Å². The van der Waals surface area contributed by atoms with Crippen LogP contribution in [0, 0.1) is 0 Å². The fourth-order valence-electron chi connectivity index (χ4n) is 2.06. The van der Waals surface area contributed by atoms with E-state index in [0.29, 0.717) is 37.2 Å². The van der Waals surface area contributed by atoms with Crippen molar-refractivity contribution < 1.29 is 13.2 Å². The number of nitrogens with zero attached hydrogens (tertiary/aromatic N) is 1. The van der Waals surface area contributed by atoms with Crippen molar-refractivity contribution in [3.63, 3.8) is 0 Å². The van der Waals surface area contributed by atoms with Gasteiger partial charge in [-0.1, -0.05) is 23.7 Å². The molecule has 0 amide bonds. The molecule has 1 aromatic carbocycles. The van der Waals surface area contributed by atoms with Gasteiger partial charge in [0, 0.05) is 23.9 Å². The van der Waals surface area contributed by atoms with Crippen molar-refractivity contribution in [2.75, 3.05) is 31.7 Å². The van der Waals surface area contributed by atoms with Gasteiger partial charge in [-0.15, -0.1) is 24.0 Å². The van der Waals surface area contributed by atoms with E-state index in [1.165, 1.54) is 6.26 Å². The maximum atomic E-state index is 11.2. The van der Waals surface area contributed by atoms with Gasteiger partial charge in [0.1, 0.15) is 9.84 Å². The maximum absolute atomic E-state index is 11.2. The summed E-state index contributed by atoms with van der Waals surface area (Å²) in [5.74, 6) is 0.818. The highest BCUT2D eigenvalue weighted by atomic mass is 127. The monoisotopic (exact) mass is 517 g/mol. The van der Waals surface area contributed by atoms with Gasteiger partial charge in [0.25, 0.3) is 0 Å². The summed E-state index contributed by atoms with van der Waals surface area (Å²) in [5, 5.41) is 7.05. The molecule has 0 radical (unpaired) electrons. The van der Waals surface area contributed by atoms with Crippen molar-refractivity contribution in [3.8, 4) is 0 Å². The molecule has 0 fully saturated rings. The van der Waals surface area contributed by atoms with Crippen molar-refractivity contribution in [3.05, 3.63) is 34.9 Å². The topological polar surface area (TPSA) is 79.8 Å².